The topological polar surface area (TPSA) is 90.9 Å². The van der Waals surface area contributed by atoms with Crippen LogP contribution in [0, 0.1) is 0 Å². The van der Waals surface area contributed by atoms with Gasteiger partial charge in [-0.3, -0.25) is 4.79 Å². The molecule has 0 saturated heterocycles. The molecule has 8 heteroatoms. The van der Waals surface area contributed by atoms with Gasteiger partial charge in [-0.2, -0.15) is 0 Å². The van der Waals surface area contributed by atoms with E-state index in [1.54, 1.807) is 37.3 Å². The van der Waals surface area contributed by atoms with Gasteiger partial charge in [0.25, 0.3) is 5.91 Å². The molecule has 1 amide bonds. The second-order valence-corrected chi connectivity index (χ2v) is 7.34. The van der Waals surface area contributed by atoms with Crippen molar-refractivity contribution in [2.75, 3.05) is 25.6 Å². The second kappa shape index (κ2) is 10.4. The Morgan fingerprint density at radius 2 is 1.65 bits per heavy atom. The van der Waals surface area contributed by atoms with E-state index in [0.29, 0.717) is 16.3 Å². The number of carbonyl (C=O) groups is 3. The number of rotatable bonds is 8. The highest BCUT2D eigenvalue weighted by Crippen LogP contribution is 2.35. The predicted octanol–water partition coefficient (Wildman–Crippen LogP) is 4.40. The number of amides is 1. The van der Waals surface area contributed by atoms with Crippen LogP contribution in [0.5, 0.6) is 5.75 Å². The minimum Gasteiger partial charge on any atom is -0.497 e. The molecule has 31 heavy (non-hydrogen) atoms. The van der Waals surface area contributed by atoms with Crippen molar-refractivity contribution in [3.8, 4) is 16.2 Å². The van der Waals surface area contributed by atoms with E-state index in [0.717, 1.165) is 10.4 Å². The summed E-state index contributed by atoms with van der Waals surface area (Å²) in [6, 6.07) is 17.5. The summed E-state index contributed by atoms with van der Waals surface area (Å²) in [5.41, 5.74) is 1.45. The summed E-state index contributed by atoms with van der Waals surface area (Å²) in [5.74, 6) is -1.13. The lowest BCUT2D eigenvalue weighted by Gasteiger charge is -2.07. The Morgan fingerprint density at radius 1 is 0.935 bits per heavy atom. The van der Waals surface area contributed by atoms with Gasteiger partial charge in [-0.1, -0.05) is 30.3 Å². The van der Waals surface area contributed by atoms with Crippen LogP contribution in [0.25, 0.3) is 10.4 Å². The molecule has 1 N–H and O–H groups in total. The van der Waals surface area contributed by atoms with E-state index in [-0.39, 0.29) is 12.2 Å². The van der Waals surface area contributed by atoms with Crippen LogP contribution in [0.4, 0.5) is 5.00 Å². The normalized spacial score (nSPS) is 10.3. The first-order valence-corrected chi connectivity index (χ1v) is 10.3. The van der Waals surface area contributed by atoms with Crippen LogP contribution in [0.1, 0.15) is 27.6 Å². The fraction of sp³-hybridized carbons (Fsp3) is 0.174. The average Bonchev–Trinajstić information content (AvgIpc) is 3.22. The molecule has 0 radical (unpaired) electrons. The number of hydrogen-bond acceptors (Lipinski definition) is 7. The van der Waals surface area contributed by atoms with Crippen LogP contribution < -0.4 is 10.1 Å². The molecule has 0 fully saturated rings. The highest BCUT2D eigenvalue weighted by molar-refractivity contribution is 7.20. The van der Waals surface area contributed by atoms with E-state index < -0.39 is 24.5 Å². The molecular weight excluding hydrogens is 418 g/mol. The van der Waals surface area contributed by atoms with Gasteiger partial charge in [-0.15, -0.1) is 11.3 Å². The van der Waals surface area contributed by atoms with Crippen molar-refractivity contribution in [3.05, 3.63) is 71.8 Å². The van der Waals surface area contributed by atoms with Crippen molar-refractivity contribution in [3.63, 3.8) is 0 Å². The Hall–Kier alpha value is -3.65. The molecule has 3 aromatic rings. The van der Waals surface area contributed by atoms with E-state index in [9.17, 15) is 14.4 Å². The number of thiophene rings is 1. The van der Waals surface area contributed by atoms with Gasteiger partial charge in [0, 0.05) is 4.88 Å². The van der Waals surface area contributed by atoms with Gasteiger partial charge in [0.1, 0.15) is 10.8 Å². The molecule has 0 unspecified atom stereocenters. The van der Waals surface area contributed by atoms with E-state index in [1.165, 1.54) is 18.4 Å². The van der Waals surface area contributed by atoms with Crippen molar-refractivity contribution in [1.82, 2.24) is 0 Å². The maximum atomic E-state index is 12.4. The average molecular weight is 439 g/mol. The number of hydrogen-bond donors (Lipinski definition) is 1. The number of esters is 2. The van der Waals surface area contributed by atoms with Gasteiger partial charge in [-0.25, -0.2) is 9.59 Å². The summed E-state index contributed by atoms with van der Waals surface area (Å²) >= 11 is 1.24. The third-order valence-corrected chi connectivity index (χ3v) is 5.30. The lowest BCUT2D eigenvalue weighted by Crippen LogP contribution is -2.21. The minimum absolute atomic E-state index is 0.211. The van der Waals surface area contributed by atoms with Gasteiger partial charge in [0.15, 0.2) is 6.61 Å². The van der Waals surface area contributed by atoms with Gasteiger partial charge in [-0.05, 0) is 42.8 Å². The monoisotopic (exact) mass is 439 g/mol. The highest BCUT2D eigenvalue weighted by Gasteiger charge is 2.20. The van der Waals surface area contributed by atoms with E-state index in [1.807, 2.05) is 30.3 Å². The smallest absolute Gasteiger partial charge is 0.341 e. The maximum absolute atomic E-state index is 12.4. The van der Waals surface area contributed by atoms with Crippen LogP contribution in [0.15, 0.2) is 60.7 Å². The summed E-state index contributed by atoms with van der Waals surface area (Å²) in [6.45, 7) is 1.42. The molecule has 0 saturated carbocycles. The molecule has 3 rings (SSSR count). The Kier molecular flexibility index (Phi) is 7.40. The summed E-state index contributed by atoms with van der Waals surface area (Å²) in [4.78, 5) is 37.6. The summed E-state index contributed by atoms with van der Waals surface area (Å²) < 4.78 is 15.2. The molecule has 1 aromatic heterocycles. The zero-order valence-electron chi connectivity index (χ0n) is 17.0. The third-order valence-electron chi connectivity index (χ3n) is 4.20. The number of anilines is 1. The quantitative estimate of drug-likeness (QED) is 0.523. The molecule has 0 bridgehead atoms. The zero-order valence-corrected chi connectivity index (χ0v) is 17.9. The lowest BCUT2D eigenvalue weighted by atomic mass is 10.1. The molecule has 0 atom stereocenters. The van der Waals surface area contributed by atoms with Crippen LogP contribution in [-0.2, 0) is 14.3 Å². The number of carbonyl (C=O) groups excluding carboxylic acids is 3. The van der Waals surface area contributed by atoms with Gasteiger partial charge < -0.3 is 19.5 Å². The molecule has 0 aliphatic rings. The molecular formula is C23H21NO6S. The summed E-state index contributed by atoms with van der Waals surface area (Å²) in [6.07, 6.45) is 0. The van der Waals surface area contributed by atoms with E-state index >= 15 is 0 Å². The van der Waals surface area contributed by atoms with Crippen molar-refractivity contribution in [1.29, 1.82) is 0 Å². The number of ether oxygens (including phenoxy) is 3. The van der Waals surface area contributed by atoms with Gasteiger partial charge in [0.05, 0.1) is 24.8 Å². The molecule has 1 heterocycles. The fourth-order valence-corrected chi connectivity index (χ4v) is 3.76. The first-order chi connectivity index (χ1) is 15.0. The van der Waals surface area contributed by atoms with Crippen LogP contribution in [0.2, 0.25) is 0 Å². The van der Waals surface area contributed by atoms with Crippen LogP contribution in [-0.4, -0.2) is 38.2 Å². The van der Waals surface area contributed by atoms with E-state index in [4.69, 9.17) is 14.2 Å². The third kappa shape index (κ3) is 5.70. The SMILES string of the molecule is CCOC(=O)c1cc(-c2ccccc2)sc1NC(=O)COC(=O)c1ccc(OC)cc1. The number of benzene rings is 2. The maximum Gasteiger partial charge on any atom is 0.341 e. The zero-order chi connectivity index (χ0) is 22.2. The van der Waals surface area contributed by atoms with Crippen molar-refractivity contribution in [2.45, 2.75) is 6.92 Å². The molecule has 2 aromatic carbocycles. The van der Waals surface area contributed by atoms with E-state index in [2.05, 4.69) is 5.32 Å². The molecule has 160 valence electrons. The van der Waals surface area contributed by atoms with Crippen molar-refractivity contribution < 1.29 is 28.6 Å². The predicted molar refractivity (Wildman–Crippen MR) is 118 cm³/mol. The number of nitrogens with one attached hydrogen (secondary N) is 1. The standard InChI is InChI=1S/C23H21NO6S/c1-3-29-23(27)18-13-19(15-7-5-4-6-8-15)31-21(18)24-20(25)14-30-22(26)16-9-11-17(28-2)12-10-16/h4-13H,3,14H2,1-2H3,(H,24,25). The molecule has 7 nitrogen and oxygen atoms in total. The Labute approximate surface area is 183 Å². The highest BCUT2D eigenvalue weighted by atomic mass is 32.1. The van der Waals surface area contributed by atoms with Crippen molar-refractivity contribution in [2.24, 2.45) is 0 Å². The Bertz CT molecular complexity index is 1060. The molecule has 0 spiro atoms. The first kappa shape index (κ1) is 22.0. The Morgan fingerprint density at radius 3 is 2.29 bits per heavy atom. The largest absolute Gasteiger partial charge is 0.497 e. The fourth-order valence-electron chi connectivity index (χ4n) is 2.69. The Balaban J connectivity index is 1.69. The summed E-state index contributed by atoms with van der Waals surface area (Å²) in [7, 11) is 1.52. The van der Waals surface area contributed by atoms with Crippen molar-refractivity contribution >= 4 is 34.2 Å². The minimum atomic E-state index is -0.639. The van der Waals surface area contributed by atoms with Gasteiger partial charge >= 0.3 is 11.9 Å². The second-order valence-electron chi connectivity index (χ2n) is 6.29. The van der Waals surface area contributed by atoms with Crippen LogP contribution >= 0.6 is 11.3 Å². The first-order valence-electron chi connectivity index (χ1n) is 9.49. The molecule has 0 aliphatic heterocycles. The summed E-state index contributed by atoms with van der Waals surface area (Å²) in [5, 5.41) is 2.98. The molecule has 0 aliphatic carbocycles. The van der Waals surface area contributed by atoms with Crippen LogP contribution in [0.3, 0.4) is 0 Å². The van der Waals surface area contributed by atoms with Gasteiger partial charge in [0.2, 0.25) is 0 Å². The number of methoxy groups -OCH3 is 1. The lowest BCUT2D eigenvalue weighted by molar-refractivity contribution is -0.119.